The predicted molar refractivity (Wildman–Crippen MR) is 80.5 cm³/mol. The molecular weight excluding hydrogens is 344 g/mol. The zero-order valence-electron chi connectivity index (χ0n) is 11.0. The summed E-state index contributed by atoms with van der Waals surface area (Å²) < 4.78 is 32.8. The molecule has 0 bridgehead atoms. The van der Waals surface area contributed by atoms with Crippen LogP contribution < -0.4 is 10.1 Å². The van der Waals surface area contributed by atoms with Gasteiger partial charge < -0.3 is 15.2 Å². The summed E-state index contributed by atoms with van der Waals surface area (Å²) in [7, 11) is 0. The van der Waals surface area contributed by atoms with Gasteiger partial charge in [0, 0.05) is 11.0 Å². The van der Waals surface area contributed by atoms with Crippen LogP contribution in [0.4, 0.5) is 14.5 Å². The molecule has 0 saturated carbocycles. The molecule has 6 heteroatoms. The minimum absolute atomic E-state index is 0.0246. The van der Waals surface area contributed by atoms with Crippen molar-refractivity contribution in [2.24, 2.45) is 0 Å². The topological polar surface area (TPSA) is 41.5 Å². The van der Waals surface area contributed by atoms with Gasteiger partial charge in [-0.25, -0.2) is 8.78 Å². The third-order valence-electron chi connectivity index (χ3n) is 2.71. The van der Waals surface area contributed by atoms with Gasteiger partial charge in [0.25, 0.3) is 0 Å². The maximum atomic E-state index is 13.6. The van der Waals surface area contributed by atoms with Gasteiger partial charge in [0.15, 0.2) is 0 Å². The normalized spacial score (nSPS) is 12.0. The lowest BCUT2D eigenvalue weighted by atomic mass is 10.2. The fourth-order valence-electron chi connectivity index (χ4n) is 1.70. The van der Waals surface area contributed by atoms with Crippen LogP contribution in [0.2, 0.25) is 0 Å². The summed E-state index contributed by atoms with van der Waals surface area (Å²) in [6.07, 6.45) is -0.896. The zero-order chi connectivity index (χ0) is 15.2. The van der Waals surface area contributed by atoms with Crippen LogP contribution in [-0.2, 0) is 0 Å². The summed E-state index contributed by atoms with van der Waals surface area (Å²) >= 11 is 3.00. The first-order valence-corrected chi connectivity index (χ1v) is 7.10. The molecule has 0 spiro atoms. The second kappa shape index (κ2) is 7.38. The maximum absolute atomic E-state index is 13.6. The van der Waals surface area contributed by atoms with E-state index >= 15 is 0 Å². The van der Waals surface area contributed by atoms with Crippen molar-refractivity contribution in [2.75, 3.05) is 18.5 Å². The van der Waals surface area contributed by atoms with Crippen molar-refractivity contribution in [1.29, 1.82) is 0 Å². The summed E-state index contributed by atoms with van der Waals surface area (Å²) in [5, 5.41) is 12.3. The Bertz CT molecular complexity index is 572. The molecule has 0 fully saturated rings. The molecule has 0 heterocycles. The van der Waals surface area contributed by atoms with Crippen molar-refractivity contribution in [3.8, 4) is 5.75 Å². The average Bonchev–Trinajstić information content (AvgIpc) is 2.45. The number of aliphatic hydroxyl groups excluding tert-OH is 1. The Labute approximate surface area is 129 Å². The van der Waals surface area contributed by atoms with E-state index in [4.69, 9.17) is 4.74 Å². The lowest BCUT2D eigenvalue weighted by molar-refractivity contribution is 0.117. The van der Waals surface area contributed by atoms with Gasteiger partial charge in [0.1, 0.15) is 35.8 Å². The quantitative estimate of drug-likeness (QED) is 0.830. The second-order valence-corrected chi connectivity index (χ2v) is 5.32. The van der Waals surface area contributed by atoms with Gasteiger partial charge in [0.2, 0.25) is 0 Å². The van der Waals surface area contributed by atoms with Crippen LogP contribution in [0.1, 0.15) is 0 Å². The van der Waals surface area contributed by atoms with Crippen molar-refractivity contribution in [2.45, 2.75) is 6.10 Å². The monoisotopic (exact) mass is 357 g/mol. The van der Waals surface area contributed by atoms with Crippen LogP contribution in [0.3, 0.4) is 0 Å². The Morgan fingerprint density at radius 3 is 2.38 bits per heavy atom. The number of hydrogen-bond acceptors (Lipinski definition) is 3. The van der Waals surface area contributed by atoms with Crippen molar-refractivity contribution in [1.82, 2.24) is 0 Å². The number of rotatable bonds is 6. The summed E-state index contributed by atoms with van der Waals surface area (Å²) in [5.74, 6) is -0.825. The fourth-order valence-corrected chi connectivity index (χ4v) is 2.10. The molecule has 0 aliphatic heterocycles. The molecule has 2 rings (SSSR count). The van der Waals surface area contributed by atoms with Crippen molar-refractivity contribution in [3.63, 3.8) is 0 Å². The van der Waals surface area contributed by atoms with E-state index in [9.17, 15) is 13.9 Å². The fraction of sp³-hybridized carbons (Fsp3) is 0.200. The van der Waals surface area contributed by atoms with Crippen molar-refractivity contribution >= 4 is 21.6 Å². The van der Waals surface area contributed by atoms with Crippen LogP contribution in [0, 0.1) is 11.6 Å². The average molecular weight is 358 g/mol. The number of halogens is 3. The van der Waals surface area contributed by atoms with Gasteiger partial charge in [-0.3, -0.25) is 0 Å². The summed E-state index contributed by atoms with van der Waals surface area (Å²) in [5.41, 5.74) is -0.267. The van der Waals surface area contributed by atoms with Crippen molar-refractivity contribution < 1.29 is 18.6 Å². The SMILES string of the molecule is OC(CNc1c(F)cc(Br)cc1F)COc1ccccc1. The third kappa shape index (κ3) is 4.68. The molecule has 0 aromatic heterocycles. The van der Waals surface area contributed by atoms with Crippen molar-refractivity contribution in [3.05, 3.63) is 58.6 Å². The van der Waals surface area contributed by atoms with Crippen LogP contribution >= 0.6 is 15.9 Å². The van der Waals surface area contributed by atoms with E-state index in [1.807, 2.05) is 18.2 Å². The Morgan fingerprint density at radius 1 is 1.14 bits per heavy atom. The molecule has 2 aromatic carbocycles. The number of para-hydroxylation sites is 1. The molecule has 21 heavy (non-hydrogen) atoms. The molecule has 0 aliphatic carbocycles. The number of nitrogens with one attached hydrogen (secondary N) is 1. The van der Waals surface area contributed by atoms with Crippen LogP contribution in [0.25, 0.3) is 0 Å². The van der Waals surface area contributed by atoms with Gasteiger partial charge in [-0.15, -0.1) is 0 Å². The highest BCUT2D eigenvalue weighted by molar-refractivity contribution is 9.10. The summed E-state index contributed by atoms with van der Waals surface area (Å²) in [6.45, 7) is -0.000907. The van der Waals surface area contributed by atoms with E-state index < -0.39 is 17.7 Å². The molecule has 3 nitrogen and oxygen atoms in total. The largest absolute Gasteiger partial charge is 0.491 e. The smallest absolute Gasteiger partial charge is 0.150 e. The molecule has 0 aliphatic rings. The zero-order valence-corrected chi connectivity index (χ0v) is 12.6. The van der Waals surface area contributed by atoms with Crippen LogP contribution in [-0.4, -0.2) is 24.4 Å². The first kappa shape index (κ1) is 15.7. The van der Waals surface area contributed by atoms with Gasteiger partial charge in [0.05, 0.1) is 0 Å². The number of aliphatic hydroxyl groups is 1. The van der Waals surface area contributed by atoms with Gasteiger partial charge in [-0.05, 0) is 24.3 Å². The summed E-state index contributed by atoms with van der Waals surface area (Å²) in [4.78, 5) is 0. The molecule has 112 valence electrons. The maximum Gasteiger partial charge on any atom is 0.150 e. The highest BCUT2D eigenvalue weighted by Crippen LogP contribution is 2.23. The van der Waals surface area contributed by atoms with E-state index in [1.54, 1.807) is 12.1 Å². The molecule has 0 radical (unpaired) electrons. The number of benzene rings is 2. The lowest BCUT2D eigenvalue weighted by Gasteiger charge is -2.15. The summed E-state index contributed by atoms with van der Waals surface area (Å²) in [6, 6.07) is 11.3. The third-order valence-corrected chi connectivity index (χ3v) is 3.16. The van der Waals surface area contributed by atoms with Gasteiger partial charge in [-0.2, -0.15) is 0 Å². The standard InChI is InChI=1S/C15H14BrF2NO2/c16-10-6-13(17)15(14(18)7-10)19-8-11(20)9-21-12-4-2-1-3-5-12/h1-7,11,19-20H,8-9H2. The molecule has 1 atom stereocenters. The van der Waals surface area contributed by atoms with Crippen LogP contribution in [0.5, 0.6) is 5.75 Å². The number of ether oxygens (including phenoxy) is 1. The number of anilines is 1. The Morgan fingerprint density at radius 2 is 1.76 bits per heavy atom. The van der Waals surface area contributed by atoms with E-state index in [2.05, 4.69) is 21.2 Å². The molecular formula is C15H14BrF2NO2. The first-order valence-electron chi connectivity index (χ1n) is 6.30. The minimum atomic E-state index is -0.896. The number of hydrogen-bond donors (Lipinski definition) is 2. The Hall–Kier alpha value is -1.66. The van der Waals surface area contributed by atoms with E-state index in [0.29, 0.717) is 10.2 Å². The highest BCUT2D eigenvalue weighted by atomic mass is 79.9. The van der Waals surface area contributed by atoms with E-state index in [1.165, 1.54) is 0 Å². The molecule has 0 amide bonds. The van der Waals surface area contributed by atoms with E-state index in [0.717, 1.165) is 12.1 Å². The molecule has 0 saturated heterocycles. The molecule has 2 aromatic rings. The Kier molecular flexibility index (Phi) is 5.52. The molecule has 1 unspecified atom stereocenters. The predicted octanol–water partition coefficient (Wildman–Crippen LogP) is 3.58. The molecule has 2 N–H and O–H groups in total. The van der Waals surface area contributed by atoms with Crippen LogP contribution in [0.15, 0.2) is 46.9 Å². The van der Waals surface area contributed by atoms with Gasteiger partial charge in [-0.1, -0.05) is 34.1 Å². The van der Waals surface area contributed by atoms with E-state index in [-0.39, 0.29) is 18.8 Å². The first-order chi connectivity index (χ1) is 10.1. The minimum Gasteiger partial charge on any atom is -0.491 e. The Balaban J connectivity index is 1.85. The lowest BCUT2D eigenvalue weighted by Crippen LogP contribution is -2.27. The van der Waals surface area contributed by atoms with Gasteiger partial charge >= 0.3 is 0 Å². The highest BCUT2D eigenvalue weighted by Gasteiger charge is 2.12. The second-order valence-electron chi connectivity index (χ2n) is 4.40.